The number of amides is 2. The summed E-state index contributed by atoms with van der Waals surface area (Å²) < 4.78 is 95.9. The van der Waals surface area contributed by atoms with Crippen LogP contribution in [0.2, 0.25) is 0 Å². The lowest BCUT2D eigenvalue weighted by Crippen LogP contribution is -2.58. The average Bonchev–Trinajstić information content (AvgIpc) is 3.10. The Kier molecular flexibility index (Phi) is 6.75. The van der Waals surface area contributed by atoms with Crippen molar-refractivity contribution in [1.82, 2.24) is 5.43 Å². The van der Waals surface area contributed by atoms with Gasteiger partial charge in [-0.3, -0.25) is 9.59 Å². The van der Waals surface area contributed by atoms with E-state index in [1.165, 1.54) is 6.92 Å². The van der Waals surface area contributed by atoms with Crippen LogP contribution in [0.4, 0.5) is 36.4 Å². The average molecular weight is 507 g/mol. The summed E-state index contributed by atoms with van der Waals surface area (Å²) in [5, 5.41) is 6.08. The minimum absolute atomic E-state index is 0.0624. The summed E-state index contributed by atoms with van der Waals surface area (Å²) in [6, 6.07) is 5.40. The van der Waals surface area contributed by atoms with Crippen molar-refractivity contribution in [3.05, 3.63) is 52.0 Å². The number of furan rings is 1. The minimum atomic E-state index is -6.65. The molecule has 0 unspecified atom stereocenters. The molecule has 2 N–H and O–H groups in total. The Balaban J connectivity index is 1.87. The molecule has 3 rings (SSSR count). The lowest BCUT2D eigenvalue weighted by Gasteiger charge is -2.26. The van der Waals surface area contributed by atoms with E-state index in [9.17, 15) is 40.3 Å². The summed E-state index contributed by atoms with van der Waals surface area (Å²) in [5.74, 6) is -16.1. The summed E-state index contributed by atoms with van der Waals surface area (Å²) in [5.41, 5.74) is 3.63. The highest BCUT2D eigenvalue weighted by Crippen LogP contribution is 2.46. The standard InChI is InChI=1S/C22H20F7N3O3/c1-10-7-8-11(2)14(9-10)30-18(33)17-12(3)16-13(5-4-6-15(16)35-17)31-32-19(34)20(23,24)21(25,26)22(27,28)29/h7-9H,4-6H2,1-3H3,(H,30,33)(H,32,34)/b31-13+. The Morgan fingerprint density at radius 2 is 1.66 bits per heavy atom. The predicted molar refractivity (Wildman–Crippen MR) is 111 cm³/mol. The van der Waals surface area contributed by atoms with Crippen LogP contribution >= 0.6 is 0 Å². The van der Waals surface area contributed by atoms with Gasteiger partial charge in [-0.2, -0.15) is 35.8 Å². The third-order valence-corrected chi connectivity index (χ3v) is 5.50. The first-order chi connectivity index (χ1) is 16.1. The normalized spacial score (nSPS) is 15.7. The van der Waals surface area contributed by atoms with Crippen LogP contribution in [-0.4, -0.2) is 35.5 Å². The van der Waals surface area contributed by atoms with Gasteiger partial charge >= 0.3 is 23.9 Å². The van der Waals surface area contributed by atoms with E-state index >= 15 is 0 Å². The van der Waals surface area contributed by atoms with E-state index in [2.05, 4.69) is 10.4 Å². The topological polar surface area (TPSA) is 83.7 Å². The zero-order chi connectivity index (χ0) is 26.3. The second kappa shape index (κ2) is 9.00. The second-order valence-electron chi connectivity index (χ2n) is 8.13. The van der Waals surface area contributed by atoms with Crippen molar-refractivity contribution < 1.29 is 44.7 Å². The number of carbonyl (C=O) groups excluding carboxylic acids is 2. The number of halogens is 7. The number of hydrazone groups is 1. The second-order valence-corrected chi connectivity index (χ2v) is 8.13. The molecule has 2 aromatic rings. The van der Waals surface area contributed by atoms with Crippen LogP contribution in [0.1, 0.15) is 51.4 Å². The van der Waals surface area contributed by atoms with E-state index in [4.69, 9.17) is 4.42 Å². The highest BCUT2D eigenvalue weighted by molar-refractivity contribution is 6.09. The van der Waals surface area contributed by atoms with Crippen molar-refractivity contribution >= 4 is 23.2 Å². The molecule has 0 aliphatic heterocycles. The van der Waals surface area contributed by atoms with Crippen LogP contribution < -0.4 is 10.7 Å². The molecule has 0 fully saturated rings. The van der Waals surface area contributed by atoms with Crippen molar-refractivity contribution in [2.75, 3.05) is 5.32 Å². The molecule has 0 atom stereocenters. The van der Waals surface area contributed by atoms with Gasteiger partial charge in [0.2, 0.25) is 0 Å². The van der Waals surface area contributed by atoms with Gasteiger partial charge in [-0.1, -0.05) is 12.1 Å². The van der Waals surface area contributed by atoms with Crippen LogP contribution in [0.15, 0.2) is 27.7 Å². The van der Waals surface area contributed by atoms with E-state index in [0.717, 1.165) is 16.6 Å². The van der Waals surface area contributed by atoms with E-state index < -0.39 is 29.8 Å². The minimum Gasteiger partial charge on any atom is -0.455 e. The fourth-order valence-electron chi connectivity index (χ4n) is 3.56. The van der Waals surface area contributed by atoms with Gasteiger partial charge in [-0.05, 0) is 50.8 Å². The molecule has 0 radical (unpaired) electrons. The SMILES string of the molecule is Cc1ccc(C)c(NC(=O)c2oc3c(c2C)/C(=N/NC(=O)C(F)(F)C(F)(F)C(F)(F)F)CCC3)c1. The number of alkyl halides is 7. The van der Waals surface area contributed by atoms with E-state index in [0.29, 0.717) is 18.5 Å². The number of rotatable bonds is 5. The van der Waals surface area contributed by atoms with Gasteiger partial charge in [0, 0.05) is 23.2 Å². The predicted octanol–water partition coefficient (Wildman–Crippen LogP) is 5.45. The molecule has 35 heavy (non-hydrogen) atoms. The Morgan fingerprint density at radius 1 is 1.00 bits per heavy atom. The smallest absolute Gasteiger partial charge is 0.455 e. The molecule has 0 spiro atoms. The number of carbonyl (C=O) groups is 2. The lowest BCUT2D eigenvalue weighted by atomic mass is 9.93. The van der Waals surface area contributed by atoms with Crippen molar-refractivity contribution in [3.63, 3.8) is 0 Å². The number of fused-ring (bicyclic) bond motifs is 1. The highest BCUT2D eigenvalue weighted by atomic mass is 19.4. The zero-order valence-electron chi connectivity index (χ0n) is 18.7. The van der Waals surface area contributed by atoms with Gasteiger partial charge in [-0.15, -0.1) is 0 Å². The molecule has 190 valence electrons. The van der Waals surface area contributed by atoms with E-state index in [-0.39, 0.29) is 34.8 Å². The molecule has 0 bridgehead atoms. The Labute approximate surface area is 194 Å². The molecule has 6 nitrogen and oxygen atoms in total. The third-order valence-electron chi connectivity index (χ3n) is 5.50. The van der Waals surface area contributed by atoms with Gasteiger partial charge in [0.1, 0.15) is 5.76 Å². The zero-order valence-corrected chi connectivity index (χ0v) is 18.7. The quantitative estimate of drug-likeness (QED) is 0.417. The number of anilines is 1. The van der Waals surface area contributed by atoms with Crippen molar-refractivity contribution in [1.29, 1.82) is 0 Å². The largest absolute Gasteiger partial charge is 0.460 e. The molecule has 0 saturated carbocycles. The summed E-state index contributed by atoms with van der Waals surface area (Å²) in [6.45, 7) is 5.08. The van der Waals surface area contributed by atoms with Gasteiger partial charge in [0.15, 0.2) is 5.76 Å². The van der Waals surface area contributed by atoms with Crippen molar-refractivity contribution in [2.45, 2.75) is 58.1 Å². The maximum Gasteiger partial charge on any atom is 0.460 e. The van der Waals surface area contributed by atoms with Gasteiger partial charge in [0.25, 0.3) is 5.91 Å². The molecular formula is C22H20F7N3O3. The first kappa shape index (κ1) is 26.2. The Hall–Kier alpha value is -3.38. The molecule has 0 saturated heterocycles. The van der Waals surface area contributed by atoms with Crippen molar-refractivity contribution in [3.8, 4) is 0 Å². The Morgan fingerprint density at radius 3 is 2.29 bits per heavy atom. The molecule has 2 amide bonds. The molecule has 1 heterocycles. The summed E-state index contributed by atoms with van der Waals surface area (Å²) in [6.07, 6.45) is -5.94. The molecule has 1 aromatic carbocycles. The lowest BCUT2D eigenvalue weighted by molar-refractivity contribution is -0.344. The fourth-order valence-corrected chi connectivity index (χ4v) is 3.56. The number of nitrogens with one attached hydrogen (secondary N) is 2. The number of nitrogens with zero attached hydrogens (tertiary/aromatic N) is 1. The molecule has 1 aliphatic rings. The summed E-state index contributed by atoms with van der Waals surface area (Å²) in [4.78, 5) is 24.4. The van der Waals surface area contributed by atoms with Crippen LogP contribution in [0.3, 0.4) is 0 Å². The van der Waals surface area contributed by atoms with Crippen LogP contribution in [0.5, 0.6) is 0 Å². The first-order valence-electron chi connectivity index (χ1n) is 10.3. The Bertz CT molecular complexity index is 1200. The molecule has 1 aromatic heterocycles. The van der Waals surface area contributed by atoms with E-state index in [1.807, 2.05) is 13.0 Å². The van der Waals surface area contributed by atoms with E-state index in [1.54, 1.807) is 19.1 Å². The number of hydrogen-bond acceptors (Lipinski definition) is 4. The summed E-state index contributed by atoms with van der Waals surface area (Å²) >= 11 is 0. The van der Waals surface area contributed by atoms with Gasteiger partial charge in [-0.25, -0.2) is 5.43 Å². The molecular weight excluding hydrogens is 487 g/mol. The van der Waals surface area contributed by atoms with Crippen LogP contribution in [0.25, 0.3) is 0 Å². The monoisotopic (exact) mass is 507 g/mol. The van der Waals surface area contributed by atoms with Gasteiger partial charge < -0.3 is 9.73 Å². The van der Waals surface area contributed by atoms with Crippen LogP contribution in [0, 0.1) is 20.8 Å². The molecule has 13 heteroatoms. The van der Waals surface area contributed by atoms with Gasteiger partial charge in [0.05, 0.1) is 5.71 Å². The van der Waals surface area contributed by atoms with Crippen LogP contribution in [-0.2, 0) is 11.2 Å². The first-order valence-corrected chi connectivity index (χ1v) is 10.3. The highest BCUT2D eigenvalue weighted by Gasteiger charge is 2.76. The molecule has 1 aliphatic carbocycles. The maximum absolute atomic E-state index is 13.6. The fraction of sp³-hybridized carbons (Fsp3) is 0.409. The number of aryl methyl sites for hydroxylation is 3. The maximum atomic E-state index is 13.6. The van der Waals surface area contributed by atoms with Crippen molar-refractivity contribution in [2.24, 2.45) is 5.10 Å². The summed E-state index contributed by atoms with van der Waals surface area (Å²) in [7, 11) is 0. The number of benzene rings is 1. The number of hydrogen-bond donors (Lipinski definition) is 2. The third kappa shape index (κ3) is 4.76.